The van der Waals surface area contributed by atoms with Crippen LogP contribution in [0.25, 0.3) is 21.9 Å². The van der Waals surface area contributed by atoms with Crippen LogP contribution < -0.4 is 10.2 Å². The molecule has 0 spiro atoms. The highest BCUT2D eigenvalue weighted by atomic mass is 35.5. The lowest BCUT2D eigenvalue weighted by Crippen LogP contribution is -2.02. The summed E-state index contributed by atoms with van der Waals surface area (Å²) in [5.74, 6) is 0.590. The summed E-state index contributed by atoms with van der Waals surface area (Å²) in [7, 11) is 1.54. The van der Waals surface area contributed by atoms with Crippen molar-refractivity contribution >= 4 is 45.1 Å². The molecule has 0 fully saturated rings. The van der Waals surface area contributed by atoms with Gasteiger partial charge in [-0.25, -0.2) is 0 Å². The van der Waals surface area contributed by atoms with E-state index in [4.69, 9.17) is 32.4 Å². The molecule has 0 aliphatic rings. The Morgan fingerprint density at radius 2 is 1.89 bits per heavy atom. The van der Waals surface area contributed by atoms with Crippen LogP contribution in [0.15, 0.2) is 39.5 Å². The van der Waals surface area contributed by atoms with Gasteiger partial charge in [-0.05, 0) is 30.3 Å². The molecular weight excluding hydrogens is 287 g/mol. The number of fused-ring (bicyclic) bond motifs is 2. The van der Waals surface area contributed by atoms with Crippen molar-refractivity contribution in [3.63, 3.8) is 0 Å². The van der Waals surface area contributed by atoms with Crippen molar-refractivity contribution in [2.45, 2.75) is 0 Å². The van der Waals surface area contributed by atoms with Crippen molar-refractivity contribution < 1.29 is 9.15 Å². The Labute approximate surface area is 118 Å². The first-order valence-electron chi connectivity index (χ1n) is 5.50. The monoisotopic (exact) mass is 294 g/mol. The van der Waals surface area contributed by atoms with Gasteiger partial charge in [0.25, 0.3) is 0 Å². The minimum absolute atomic E-state index is 0.181. The molecule has 0 saturated carbocycles. The Bertz CT molecular complexity index is 853. The highest BCUT2D eigenvalue weighted by Crippen LogP contribution is 2.29. The van der Waals surface area contributed by atoms with Crippen LogP contribution in [0.4, 0.5) is 0 Å². The van der Waals surface area contributed by atoms with E-state index in [0.717, 1.165) is 0 Å². The van der Waals surface area contributed by atoms with Crippen LogP contribution in [0.5, 0.6) is 5.75 Å². The third-order valence-electron chi connectivity index (χ3n) is 2.90. The third-order valence-corrected chi connectivity index (χ3v) is 3.40. The third kappa shape index (κ3) is 1.95. The summed E-state index contributed by atoms with van der Waals surface area (Å²) in [6, 6.07) is 8.13. The Balaban J connectivity index is 2.53. The second-order valence-corrected chi connectivity index (χ2v) is 4.90. The predicted molar refractivity (Wildman–Crippen MR) is 76.6 cm³/mol. The van der Waals surface area contributed by atoms with Crippen molar-refractivity contribution in [2.24, 2.45) is 0 Å². The van der Waals surface area contributed by atoms with E-state index >= 15 is 0 Å². The van der Waals surface area contributed by atoms with Gasteiger partial charge >= 0.3 is 0 Å². The van der Waals surface area contributed by atoms with Gasteiger partial charge in [0.15, 0.2) is 5.58 Å². The van der Waals surface area contributed by atoms with E-state index < -0.39 is 0 Å². The van der Waals surface area contributed by atoms with Crippen LogP contribution in [0.2, 0.25) is 10.0 Å². The Morgan fingerprint density at radius 3 is 2.63 bits per heavy atom. The Morgan fingerprint density at radius 1 is 1.11 bits per heavy atom. The lowest BCUT2D eigenvalue weighted by molar-refractivity contribution is 0.415. The molecule has 0 saturated heterocycles. The molecular formula is C14H8Cl2O3. The number of benzene rings is 2. The molecule has 3 rings (SSSR count). The molecule has 3 aromatic rings. The van der Waals surface area contributed by atoms with Crippen LogP contribution in [-0.4, -0.2) is 7.11 Å². The maximum absolute atomic E-state index is 12.4. The van der Waals surface area contributed by atoms with Crippen molar-refractivity contribution in [3.8, 4) is 5.75 Å². The minimum atomic E-state index is -0.181. The highest BCUT2D eigenvalue weighted by Gasteiger charge is 2.12. The fourth-order valence-electron chi connectivity index (χ4n) is 1.99. The normalized spacial score (nSPS) is 11.1. The average Bonchev–Trinajstić information content (AvgIpc) is 2.40. The molecule has 0 radical (unpaired) electrons. The van der Waals surface area contributed by atoms with E-state index in [-0.39, 0.29) is 5.43 Å². The van der Waals surface area contributed by atoms with Crippen molar-refractivity contribution in [2.75, 3.05) is 7.11 Å². The molecule has 2 aromatic carbocycles. The molecule has 0 aliphatic carbocycles. The van der Waals surface area contributed by atoms with Crippen LogP contribution >= 0.6 is 23.2 Å². The van der Waals surface area contributed by atoms with Gasteiger partial charge in [0.2, 0.25) is 5.43 Å². The van der Waals surface area contributed by atoms with Crippen molar-refractivity contribution in [1.29, 1.82) is 0 Å². The SMILES string of the molecule is COc1ccc2oc3c(Cl)cc(Cl)cc3c(=O)c2c1. The molecule has 3 nitrogen and oxygen atoms in total. The fourth-order valence-corrected chi connectivity index (χ4v) is 2.52. The van der Waals surface area contributed by atoms with E-state index in [1.807, 2.05) is 0 Å². The lowest BCUT2D eigenvalue weighted by Gasteiger charge is -2.05. The van der Waals surface area contributed by atoms with Crippen molar-refractivity contribution in [1.82, 2.24) is 0 Å². The maximum Gasteiger partial charge on any atom is 0.200 e. The molecule has 0 bridgehead atoms. The Hall–Kier alpha value is -1.71. The smallest absolute Gasteiger partial charge is 0.200 e. The minimum Gasteiger partial charge on any atom is -0.497 e. The first kappa shape index (κ1) is 12.3. The average molecular weight is 295 g/mol. The second-order valence-electron chi connectivity index (χ2n) is 4.06. The molecule has 0 atom stereocenters. The fraction of sp³-hybridized carbons (Fsp3) is 0.0714. The van der Waals surface area contributed by atoms with Gasteiger partial charge in [-0.15, -0.1) is 0 Å². The summed E-state index contributed by atoms with van der Waals surface area (Å²) >= 11 is 12.0. The summed E-state index contributed by atoms with van der Waals surface area (Å²) in [5, 5.41) is 1.51. The van der Waals surface area contributed by atoms with E-state index in [1.54, 1.807) is 30.3 Å². The van der Waals surface area contributed by atoms with E-state index in [1.165, 1.54) is 7.11 Å². The van der Waals surface area contributed by atoms with E-state index in [2.05, 4.69) is 0 Å². The summed E-state index contributed by atoms with van der Waals surface area (Å²) in [6.45, 7) is 0. The van der Waals surface area contributed by atoms with Gasteiger partial charge in [0.05, 0.1) is 22.9 Å². The molecule has 19 heavy (non-hydrogen) atoms. The molecule has 0 amide bonds. The summed E-state index contributed by atoms with van der Waals surface area (Å²) < 4.78 is 10.8. The number of methoxy groups -OCH3 is 1. The number of rotatable bonds is 1. The second kappa shape index (κ2) is 4.44. The molecule has 5 heteroatoms. The summed E-state index contributed by atoms with van der Waals surface area (Å²) in [5.41, 5.74) is 0.621. The number of halogens is 2. The predicted octanol–water partition coefficient (Wildman–Crippen LogP) is 4.26. The van der Waals surface area contributed by atoms with Crippen LogP contribution in [0, 0.1) is 0 Å². The standard InChI is InChI=1S/C14H8Cl2O3/c1-18-8-2-3-12-9(6-8)13(17)10-4-7(15)5-11(16)14(10)19-12/h2-6H,1H3. The topological polar surface area (TPSA) is 39.4 Å². The number of hydrogen-bond acceptors (Lipinski definition) is 3. The summed E-state index contributed by atoms with van der Waals surface area (Å²) in [4.78, 5) is 12.4. The first-order chi connectivity index (χ1) is 9.10. The van der Waals surface area contributed by atoms with Gasteiger partial charge in [0, 0.05) is 5.02 Å². The zero-order chi connectivity index (χ0) is 13.6. The first-order valence-corrected chi connectivity index (χ1v) is 6.25. The lowest BCUT2D eigenvalue weighted by atomic mass is 10.1. The molecule has 0 N–H and O–H groups in total. The number of ether oxygens (including phenoxy) is 1. The van der Waals surface area contributed by atoms with Crippen LogP contribution in [-0.2, 0) is 0 Å². The zero-order valence-electron chi connectivity index (χ0n) is 9.87. The number of hydrogen-bond donors (Lipinski definition) is 0. The highest BCUT2D eigenvalue weighted by molar-refractivity contribution is 6.38. The molecule has 0 unspecified atom stereocenters. The zero-order valence-corrected chi connectivity index (χ0v) is 11.4. The van der Waals surface area contributed by atoms with Crippen LogP contribution in [0.1, 0.15) is 0 Å². The summed E-state index contributed by atoms with van der Waals surface area (Å²) in [6.07, 6.45) is 0. The maximum atomic E-state index is 12.4. The van der Waals surface area contributed by atoms with E-state index in [0.29, 0.717) is 37.7 Å². The van der Waals surface area contributed by atoms with Gasteiger partial charge in [-0.2, -0.15) is 0 Å². The van der Waals surface area contributed by atoms with Gasteiger partial charge < -0.3 is 9.15 Å². The van der Waals surface area contributed by atoms with Crippen molar-refractivity contribution in [3.05, 3.63) is 50.6 Å². The van der Waals surface area contributed by atoms with Gasteiger partial charge in [-0.1, -0.05) is 23.2 Å². The quantitative estimate of drug-likeness (QED) is 0.630. The van der Waals surface area contributed by atoms with Crippen LogP contribution in [0.3, 0.4) is 0 Å². The van der Waals surface area contributed by atoms with E-state index in [9.17, 15) is 4.79 Å². The molecule has 0 aliphatic heterocycles. The largest absolute Gasteiger partial charge is 0.497 e. The molecule has 1 aromatic heterocycles. The van der Waals surface area contributed by atoms with Gasteiger partial charge in [-0.3, -0.25) is 4.79 Å². The Kier molecular flexibility index (Phi) is 2.88. The molecule has 1 heterocycles. The molecule has 96 valence electrons. The van der Waals surface area contributed by atoms with Gasteiger partial charge in [0.1, 0.15) is 11.3 Å².